The highest BCUT2D eigenvalue weighted by Crippen LogP contribution is 2.32. The largest absolute Gasteiger partial charge is 0.385 e. The van der Waals surface area contributed by atoms with Crippen molar-refractivity contribution in [1.82, 2.24) is 5.48 Å². The quantitative estimate of drug-likeness (QED) is 0.296. The van der Waals surface area contributed by atoms with Crippen molar-refractivity contribution in [2.45, 2.75) is 91.6 Å². The molecule has 0 spiro atoms. The van der Waals surface area contributed by atoms with E-state index in [9.17, 15) is 0 Å². The third-order valence-corrected chi connectivity index (χ3v) is 7.06. The van der Waals surface area contributed by atoms with Crippen LogP contribution in [0.15, 0.2) is 12.1 Å². The summed E-state index contributed by atoms with van der Waals surface area (Å²) < 4.78 is 16.6. The molecule has 1 heterocycles. The van der Waals surface area contributed by atoms with Gasteiger partial charge in [-0.25, -0.2) is 4.28 Å². The summed E-state index contributed by atoms with van der Waals surface area (Å²) in [5.41, 5.74) is 8.47. The topological polar surface area (TPSA) is 55.0 Å². The molecule has 2 atom stereocenters. The lowest BCUT2D eigenvalue weighted by Gasteiger charge is -2.38. The van der Waals surface area contributed by atoms with Gasteiger partial charge in [0.1, 0.15) is 0 Å². The zero-order valence-corrected chi connectivity index (χ0v) is 20.9. The average Bonchev–Trinajstić information content (AvgIpc) is 2.72. The van der Waals surface area contributed by atoms with Crippen LogP contribution in [0.1, 0.15) is 64.5 Å². The summed E-state index contributed by atoms with van der Waals surface area (Å²) in [4.78, 5) is 2.48. The smallest absolute Gasteiger partial charge is 0.178 e. The van der Waals surface area contributed by atoms with Gasteiger partial charge in [0.05, 0.1) is 18.3 Å². The first kappa shape index (κ1) is 24.6. The highest BCUT2D eigenvalue weighted by Gasteiger charge is 2.25. The first-order chi connectivity index (χ1) is 14.8. The standard InChI is InChI=1S/C24H41N3O3S/c1-16(2)29-31-30-26-22-9-7-21(8-10-22)13-25-23-11-12-24(20(6)19(23)5)27-14-17(3)28-18(4)15-27/h11-12,16-18,21-22,25-26H,7-10,13-15H2,1-6H3/t17-,18+,21?,22?. The molecule has 1 aliphatic carbocycles. The van der Waals surface area contributed by atoms with Crippen LogP contribution in [0.4, 0.5) is 11.4 Å². The number of hydrogen-bond donors (Lipinski definition) is 2. The SMILES string of the molecule is Cc1c(NCC2CCC(NOSOC(C)C)CC2)ccc(N2C[C@@H](C)O[C@@H](C)C2)c1C. The lowest BCUT2D eigenvalue weighted by atomic mass is 9.86. The van der Waals surface area contributed by atoms with Crippen molar-refractivity contribution in [1.29, 1.82) is 0 Å². The van der Waals surface area contributed by atoms with Gasteiger partial charge in [-0.15, -0.1) is 0 Å². The lowest BCUT2D eigenvalue weighted by Crippen LogP contribution is -2.45. The van der Waals surface area contributed by atoms with Crippen LogP contribution < -0.4 is 15.7 Å². The van der Waals surface area contributed by atoms with Gasteiger partial charge in [0.15, 0.2) is 12.3 Å². The van der Waals surface area contributed by atoms with Gasteiger partial charge in [-0.05, 0) is 96.4 Å². The number of morpholine rings is 1. The first-order valence-corrected chi connectivity index (χ1v) is 12.5. The number of anilines is 2. The van der Waals surface area contributed by atoms with Crippen LogP contribution in [-0.4, -0.2) is 44.0 Å². The number of benzene rings is 1. The van der Waals surface area contributed by atoms with Crippen molar-refractivity contribution >= 4 is 23.7 Å². The maximum Gasteiger partial charge on any atom is 0.178 e. The van der Waals surface area contributed by atoms with Crippen molar-refractivity contribution in [3.63, 3.8) is 0 Å². The Bertz CT molecular complexity index is 685. The van der Waals surface area contributed by atoms with Gasteiger partial charge in [-0.2, -0.15) is 5.48 Å². The van der Waals surface area contributed by atoms with E-state index in [2.05, 4.69) is 55.5 Å². The molecule has 0 bridgehead atoms. The summed E-state index contributed by atoms with van der Waals surface area (Å²) in [5.74, 6) is 0.706. The summed E-state index contributed by atoms with van der Waals surface area (Å²) >= 11 is 1.04. The van der Waals surface area contributed by atoms with Gasteiger partial charge in [0, 0.05) is 37.1 Å². The van der Waals surface area contributed by atoms with Crippen LogP contribution in [-0.2, 0) is 13.2 Å². The van der Waals surface area contributed by atoms with E-state index in [0.717, 1.165) is 44.8 Å². The third-order valence-electron chi connectivity index (χ3n) is 6.43. The Kier molecular flexibility index (Phi) is 9.34. The molecule has 1 aromatic rings. The Morgan fingerprint density at radius 1 is 1.06 bits per heavy atom. The molecule has 0 aromatic heterocycles. The van der Waals surface area contributed by atoms with E-state index >= 15 is 0 Å². The molecule has 3 rings (SSSR count). The van der Waals surface area contributed by atoms with E-state index in [1.165, 1.54) is 35.3 Å². The maximum atomic E-state index is 5.91. The predicted octanol–water partition coefficient (Wildman–Crippen LogP) is 5.40. The van der Waals surface area contributed by atoms with Crippen molar-refractivity contribution in [3.05, 3.63) is 23.3 Å². The normalized spacial score (nSPS) is 27.0. The predicted molar refractivity (Wildman–Crippen MR) is 130 cm³/mol. The molecular formula is C24H41N3O3S. The lowest BCUT2D eigenvalue weighted by molar-refractivity contribution is -0.00524. The molecule has 1 aromatic carbocycles. The molecule has 0 amide bonds. The monoisotopic (exact) mass is 451 g/mol. The second-order valence-corrected chi connectivity index (χ2v) is 10.1. The van der Waals surface area contributed by atoms with Crippen molar-refractivity contribution < 1.29 is 13.2 Å². The van der Waals surface area contributed by atoms with Gasteiger partial charge in [-0.1, -0.05) is 0 Å². The summed E-state index contributed by atoms with van der Waals surface area (Å²) in [6.07, 6.45) is 5.41. The summed E-state index contributed by atoms with van der Waals surface area (Å²) in [5, 5.41) is 3.73. The summed E-state index contributed by atoms with van der Waals surface area (Å²) in [7, 11) is 0. The van der Waals surface area contributed by atoms with E-state index in [-0.39, 0.29) is 18.3 Å². The molecule has 2 aliphatic rings. The van der Waals surface area contributed by atoms with Crippen molar-refractivity contribution in [2.75, 3.05) is 29.9 Å². The minimum Gasteiger partial charge on any atom is -0.385 e. The molecule has 0 radical (unpaired) electrons. The Hall–Kier alpha value is -0.990. The van der Waals surface area contributed by atoms with Crippen molar-refractivity contribution in [2.24, 2.45) is 5.92 Å². The van der Waals surface area contributed by atoms with Crippen LogP contribution in [0.3, 0.4) is 0 Å². The molecule has 2 N–H and O–H groups in total. The number of nitrogens with zero attached hydrogens (tertiary/aromatic N) is 1. The Balaban J connectivity index is 1.45. The second-order valence-electron chi connectivity index (χ2n) is 9.56. The number of ether oxygens (including phenoxy) is 1. The van der Waals surface area contributed by atoms with Gasteiger partial charge < -0.3 is 15.0 Å². The van der Waals surface area contributed by atoms with Crippen molar-refractivity contribution in [3.8, 4) is 0 Å². The minimum atomic E-state index is 0.163. The molecule has 6 nitrogen and oxygen atoms in total. The van der Waals surface area contributed by atoms with Crippen LogP contribution in [0, 0.1) is 19.8 Å². The average molecular weight is 452 g/mol. The maximum absolute atomic E-state index is 5.91. The molecule has 1 aliphatic heterocycles. The van der Waals surface area contributed by atoms with E-state index in [0.29, 0.717) is 12.0 Å². The molecule has 1 saturated carbocycles. The Morgan fingerprint density at radius 3 is 2.39 bits per heavy atom. The number of hydrogen-bond acceptors (Lipinski definition) is 7. The third kappa shape index (κ3) is 7.26. The minimum absolute atomic E-state index is 0.163. The van der Waals surface area contributed by atoms with Crippen LogP contribution >= 0.6 is 12.3 Å². The van der Waals surface area contributed by atoms with E-state index in [4.69, 9.17) is 13.2 Å². The fourth-order valence-electron chi connectivity index (χ4n) is 4.64. The molecule has 31 heavy (non-hydrogen) atoms. The summed E-state index contributed by atoms with van der Waals surface area (Å²) in [6, 6.07) is 4.96. The number of rotatable bonds is 9. The zero-order chi connectivity index (χ0) is 22.4. The molecular weight excluding hydrogens is 410 g/mol. The molecule has 1 saturated heterocycles. The van der Waals surface area contributed by atoms with Crippen LogP contribution in [0.25, 0.3) is 0 Å². The molecule has 7 heteroatoms. The highest BCUT2D eigenvalue weighted by molar-refractivity contribution is 7.89. The fraction of sp³-hybridized carbons (Fsp3) is 0.750. The molecule has 176 valence electrons. The van der Waals surface area contributed by atoms with Gasteiger partial charge in [-0.3, -0.25) is 4.18 Å². The summed E-state index contributed by atoms with van der Waals surface area (Å²) in [6.45, 7) is 15.8. The number of hydroxylamine groups is 1. The van der Waals surface area contributed by atoms with Gasteiger partial charge in [0.2, 0.25) is 0 Å². The zero-order valence-electron chi connectivity index (χ0n) is 20.1. The van der Waals surface area contributed by atoms with Crippen LogP contribution in [0.5, 0.6) is 0 Å². The Morgan fingerprint density at radius 2 is 1.74 bits per heavy atom. The Labute approximate surface area is 193 Å². The first-order valence-electron chi connectivity index (χ1n) is 11.8. The molecule has 0 unspecified atom stereocenters. The van der Waals surface area contributed by atoms with Gasteiger partial charge >= 0.3 is 0 Å². The van der Waals surface area contributed by atoms with Gasteiger partial charge in [0.25, 0.3) is 0 Å². The van der Waals surface area contributed by atoms with Crippen LogP contribution in [0.2, 0.25) is 0 Å². The van der Waals surface area contributed by atoms with E-state index in [1.54, 1.807) is 0 Å². The molecule has 2 fully saturated rings. The highest BCUT2D eigenvalue weighted by atomic mass is 32.2. The second kappa shape index (κ2) is 11.8. The number of nitrogens with one attached hydrogen (secondary N) is 2. The van der Waals surface area contributed by atoms with E-state index in [1.807, 2.05) is 13.8 Å². The fourth-order valence-corrected chi connectivity index (χ4v) is 5.01. The van der Waals surface area contributed by atoms with E-state index < -0.39 is 0 Å².